The van der Waals surface area contributed by atoms with E-state index in [0.29, 0.717) is 11.4 Å². The quantitative estimate of drug-likeness (QED) is 0.601. The van der Waals surface area contributed by atoms with Crippen molar-refractivity contribution in [1.82, 2.24) is 10.4 Å². The maximum atomic E-state index is 11.8. The molecule has 0 fully saturated rings. The minimum Gasteiger partial charge on any atom is -0.497 e. The first-order chi connectivity index (χ1) is 11.7. The molecule has 0 spiro atoms. The van der Waals surface area contributed by atoms with Crippen LogP contribution >= 0.6 is 0 Å². The van der Waals surface area contributed by atoms with E-state index in [2.05, 4.69) is 20.8 Å². The molecule has 1 heterocycles. The second kappa shape index (κ2) is 9.04. The third kappa shape index (κ3) is 5.88. The van der Waals surface area contributed by atoms with Crippen LogP contribution in [0.3, 0.4) is 0 Å². The summed E-state index contributed by atoms with van der Waals surface area (Å²) in [4.78, 5) is 27.3. The van der Waals surface area contributed by atoms with Crippen molar-refractivity contribution in [3.8, 4) is 5.75 Å². The van der Waals surface area contributed by atoms with Crippen molar-refractivity contribution < 1.29 is 14.3 Å². The summed E-state index contributed by atoms with van der Waals surface area (Å²) in [6.07, 6.45) is 4.90. The van der Waals surface area contributed by atoms with E-state index in [1.165, 1.54) is 6.21 Å². The number of hydrogen-bond acceptors (Lipinski definition) is 5. The van der Waals surface area contributed by atoms with E-state index in [1.807, 2.05) is 0 Å². The Morgan fingerprint density at radius 1 is 1.08 bits per heavy atom. The van der Waals surface area contributed by atoms with Crippen LogP contribution in [0.1, 0.15) is 18.4 Å². The minimum absolute atomic E-state index is 0.0513. The lowest BCUT2D eigenvalue weighted by Crippen LogP contribution is -2.20. The highest BCUT2D eigenvalue weighted by Gasteiger charge is 2.06. The number of methoxy groups -OCH3 is 1. The van der Waals surface area contributed by atoms with Crippen molar-refractivity contribution in [3.63, 3.8) is 0 Å². The van der Waals surface area contributed by atoms with Crippen LogP contribution in [0.15, 0.2) is 53.9 Å². The molecule has 7 nitrogen and oxygen atoms in total. The lowest BCUT2D eigenvalue weighted by atomic mass is 10.2. The van der Waals surface area contributed by atoms with E-state index < -0.39 is 0 Å². The number of ether oxygens (including phenoxy) is 1. The molecule has 2 rings (SSSR count). The number of nitrogens with zero attached hydrogens (tertiary/aromatic N) is 2. The first kappa shape index (κ1) is 17.1. The lowest BCUT2D eigenvalue weighted by Gasteiger charge is -2.06. The number of nitrogens with one attached hydrogen (secondary N) is 2. The molecule has 0 radical (unpaired) electrons. The maximum Gasteiger partial charge on any atom is 0.240 e. The van der Waals surface area contributed by atoms with E-state index >= 15 is 0 Å². The smallest absolute Gasteiger partial charge is 0.240 e. The number of hydrazone groups is 1. The molecule has 0 bridgehead atoms. The second-order valence-electron chi connectivity index (χ2n) is 4.85. The zero-order valence-electron chi connectivity index (χ0n) is 13.2. The Morgan fingerprint density at radius 3 is 2.42 bits per heavy atom. The fourth-order valence-electron chi connectivity index (χ4n) is 1.81. The highest BCUT2D eigenvalue weighted by atomic mass is 16.5. The monoisotopic (exact) mass is 326 g/mol. The first-order valence-corrected chi connectivity index (χ1v) is 7.33. The summed E-state index contributed by atoms with van der Waals surface area (Å²) < 4.78 is 5.04. The molecular formula is C17H18N4O3. The molecule has 1 aromatic carbocycles. The molecule has 0 saturated heterocycles. The molecular weight excluding hydrogens is 308 g/mol. The Morgan fingerprint density at radius 2 is 1.75 bits per heavy atom. The Labute approximate surface area is 139 Å². The zero-order valence-corrected chi connectivity index (χ0v) is 13.2. The molecule has 0 aliphatic rings. The lowest BCUT2D eigenvalue weighted by molar-refractivity contribution is -0.124. The number of anilines is 1. The van der Waals surface area contributed by atoms with Gasteiger partial charge >= 0.3 is 0 Å². The minimum atomic E-state index is -0.329. The summed E-state index contributed by atoms with van der Waals surface area (Å²) >= 11 is 0. The molecule has 0 unspecified atom stereocenters. The summed E-state index contributed by atoms with van der Waals surface area (Å²) in [7, 11) is 1.57. The predicted molar refractivity (Wildman–Crippen MR) is 90.8 cm³/mol. The van der Waals surface area contributed by atoms with Crippen molar-refractivity contribution in [1.29, 1.82) is 0 Å². The third-order valence-electron chi connectivity index (χ3n) is 3.06. The highest BCUT2D eigenvalue weighted by molar-refractivity contribution is 5.93. The molecule has 124 valence electrons. The van der Waals surface area contributed by atoms with Gasteiger partial charge < -0.3 is 10.1 Å². The van der Waals surface area contributed by atoms with Gasteiger partial charge in [-0.15, -0.1) is 0 Å². The Bertz CT molecular complexity index is 700. The third-order valence-corrected chi connectivity index (χ3v) is 3.06. The second-order valence-corrected chi connectivity index (χ2v) is 4.85. The Hall–Kier alpha value is -3.22. The van der Waals surface area contributed by atoms with E-state index in [0.717, 1.165) is 5.56 Å². The average Bonchev–Trinajstić information content (AvgIpc) is 2.61. The highest BCUT2D eigenvalue weighted by Crippen LogP contribution is 2.15. The topological polar surface area (TPSA) is 92.7 Å². The molecule has 2 N–H and O–H groups in total. The number of benzene rings is 1. The number of carbonyl (C=O) groups is 2. The van der Waals surface area contributed by atoms with Gasteiger partial charge in [-0.2, -0.15) is 5.10 Å². The number of amides is 2. The van der Waals surface area contributed by atoms with Crippen LogP contribution < -0.4 is 15.5 Å². The van der Waals surface area contributed by atoms with Crippen LogP contribution in [0.2, 0.25) is 0 Å². The van der Waals surface area contributed by atoms with Gasteiger partial charge in [-0.25, -0.2) is 5.43 Å². The summed E-state index contributed by atoms with van der Waals surface area (Å²) in [5, 5.41) is 6.54. The average molecular weight is 326 g/mol. The number of aromatic nitrogens is 1. The van der Waals surface area contributed by atoms with Crippen LogP contribution in [0.25, 0.3) is 0 Å². The molecule has 0 aliphatic carbocycles. The van der Waals surface area contributed by atoms with Gasteiger partial charge in [0.1, 0.15) is 5.75 Å². The Kier molecular flexibility index (Phi) is 6.46. The van der Waals surface area contributed by atoms with Crippen LogP contribution in [-0.4, -0.2) is 30.1 Å². The first-order valence-electron chi connectivity index (χ1n) is 7.33. The predicted octanol–water partition coefficient (Wildman–Crippen LogP) is 1.96. The SMILES string of the molecule is COc1ccc(NC(=O)CCC(=O)N/N=C/c2ccncc2)cc1. The molecule has 2 aromatic rings. The zero-order chi connectivity index (χ0) is 17.2. The number of rotatable bonds is 7. The van der Waals surface area contributed by atoms with Crippen LogP contribution in [-0.2, 0) is 9.59 Å². The van der Waals surface area contributed by atoms with Gasteiger partial charge in [0.25, 0.3) is 0 Å². The molecule has 0 saturated carbocycles. The number of pyridine rings is 1. The van der Waals surface area contributed by atoms with Gasteiger partial charge in [-0.05, 0) is 42.0 Å². The number of hydrogen-bond donors (Lipinski definition) is 2. The van der Waals surface area contributed by atoms with E-state index in [-0.39, 0.29) is 24.7 Å². The van der Waals surface area contributed by atoms with Gasteiger partial charge in [0.15, 0.2) is 0 Å². The fourth-order valence-corrected chi connectivity index (χ4v) is 1.81. The van der Waals surface area contributed by atoms with Gasteiger partial charge in [0.2, 0.25) is 11.8 Å². The van der Waals surface area contributed by atoms with Crippen LogP contribution in [0, 0.1) is 0 Å². The maximum absolute atomic E-state index is 11.8. The number of carbonyl (C=O) groups excluding carboxylic acids is 2. The van der Waals surface area contributed by atoms with E-state index in [9.17, 15) is 9.59 Å². The molecule has 0 atom stereocenters. The summed E-state index contributed by atoms with van der Waals surface area (Å²) in [6, 6.07) is 10.5. The van der Waals surface area contributed by atoms with Crippen molar-refractivity contribution in [2.24, 2.45) is 5.10 Å². The van der Waals surface area contributed by atoms with Gasteiger partial charge in [-0.3, -0.25) is 14.6 Å². The summed E-state index contributed by atoms with van der Waals surface area (Å²) in [5.41, 5.74) is 3.85. The van der Waals surface area contributed by atoms with Gasteiger partial charge in [-0.1, -0.05) is 0 Å². The van der Waals surface area contributed by atoms with Crippen LogP contribution in [0.4, 0.5) is 5.69 Å². The molecule has 24 heavy (non-hydrogen) atoms. The largest absolute Gasteiger partial charge is 0.497 e. The van der Waals surface area contributed by atoms with E-state index in [1.54, 1.807) is 55.9 Å². The fraction of sp³-hybridized carbons (Fsp3) is 0.176. The molecule has 7 heteroatoms. The Balaban J connectivity index is 1.70. The van der Waals surface area contributed by atoms with Crippen LogP contribution in [0.5, 0.6) is 5.75 Å². The molecule has 2 amide bonds. The molecule has 1 aromatic heterocycles. The summed E-state index contributed by atoms with van der Waals surface area (Å²) in [5.74, 6) is 0.137. The summed E-state index contributed by atoms with van der Waals surface area (Å²) in [6.45, 7) is 0. The normalized spacial score (nSPS) is 10.4. The van der Waals surface area contributed by atoms with Crippen molar-refractivity contribution in [2.75, 3.05) is 12.4 Å². The molecule has 0 aliphatic heterocycles. The van der Waals surface area contributed by atoms with Gasteiger partial charge in [0.05, 0.1) is 13.3 Å². The van der Waals surface area contributed by atoms with Crippen molar-refractivity contribution >= 4 is 23.7 Å². The van der Waals surface area contributed by atoms with Gasteiger partial charge in [0, 0.05) is 30.9 Å². The van der Waals surface area contributed by atoms with Crippen molar-refractivity contribution in [2.45, 2.75) is 12.8 Å². The standard InChI is InChI=1S/C17H18N4O3/c1-24-15-4-2-14(3-5-15)20-16(22)6-7-17(23)21-19-12-13-8-10-18-11-9-13/h2-5,8-12H,6-7H2,1H3,(H,20,22)(H,21,23)/b19-12+. The van der Waals surface area contributed by atoms with E-state index in [4.69, 9.17) is 4.74 Å². The van der Waals surface area contributed by atoms with Crippen molar-refractivity contribution in [3.05, 3.63) is 54.4 Å².